The van der Waals surface area contributed by atoms with Gasteiger partial charge in [-0.15, -0.1) is 0 Å². The second-order valence-electron chi connectivity index (χ2n) is 8.08. The maximum Gasteiger partial charge on any atom is 0.261 e. The van der Waals surface area contributed by atoms with Crippen LogP contribution in [0.3, 0.4) is 0 Å². The maximum absolute atomic E-state index is 13.2. The number of halogens is 1. The third-order valence-corrected chi connectivity index (χ3v) is 6.53. The normalized spacial score (nSPS) is 11.8. The SMILES string of the molecule is COc1c(Cl)ccc(NS(=O)(=O)c2ccc(C(C)(C)C)cc2)c1C(=O)c1ccccc1. The molecule has 3 rings (SSSR count). The first-order chi connectivity index (χ1) is 14.5. The molecule has 0 aromatic heterocycles. The third kappa shape index (κ3) is 4.92. The van der Waals surface area contributed by atoms with E-state index in [9.17, 15) is 13.2 Å². The molecule has 162 valence electrons. The van der Waals surface area contributed by atoms with Gasteiger partial charge in [-0.1, -0.05) is 74.8 Å². The van der Waals surface area contributed by atoms with Crippen LogP contribution in [0.25, 0.3) is 0 Å². The van der Waals surface area contributed by atoms with Crippen LogP contribution in [-0.4, -0.2) is 21.3 Å². The Morgan fingerprint density at radius 1 is 0.935 bits per heavy atom. The molecule has 0 radical (unpaired) electrons. The zero-order chi connectivity index (χ0) is 22.8. The number of ether oxygens (including phenoxy) is 1. The first-order valence-electron chi connectivity index (χ1n) is 9.64. The van der Waals surface area contributed by atoms with Crippen LogP contribution < -0.4 is 9.46 Å². The van der Waals surface area contributed by atoms with Crippen molar-refractivity contribution in [2.24, 2.45) is 0 Å². The Kier molecular flexibility index (Phi) is 6.43. The molecular formula is C24H24ClNO4S. The van der Waals surface area contributed by atoms with E-state index in [0.29, 0.717) is 5.56 Å². The van der Waals surface area contributed by atoms with Gasteiger partial charge in [-0.2, -0.15) is 0 Å². The molecule has 0 aliphatic rings. The molecule has 0 unspecified atom stereocenters. The molecule has 31 heavy (non-hydrogen) atoms. The van der Waals surface area contributed by atoms with Gasteiger partial charge >= 0.3 is 0 Å². The Hall–Kier alpha value is -2.83. The number of nitrogens with one attached hydrogen (secondary N) is 1. The first-order valence-corrected chi connectivity index (χ1v) is 11.5. The number of rotatable bonds is 6. The molecule has 0 spiro atoms. The molecule has 0 saturated heterocycles. The highest BCUT2D eigenvalue weighted by atomic mass is 35.5. The number of carbonyl (C=O) groups is 1. The topological polar surface area (TPSA) is 72.5 Å². The van der Waals surface area contributed by atoms with Gasteiger partial charge in [0.2, 0.25) is 0 Å². The van der Waals surface area contributed by atoms with E-state index in [4.69, 9.17) is 16.3 Å². The average molecular weight is 458 g/mol. The fourth-order valence-electron chi connectivity index (χ4n) is 3.14. The summed E-state index contributed by atoms with van der Waals surface area (Å²) >= 11 is 6.23. The molecule has 0 atom stereocenters. The van der Waals surface area contributed by atoms with Crippen LogP contribution in [0.2, 0.25) is 5.02 Å². The second-order valence-corrected chi connectivity index (χ2v) is 10.2. The lowest BCUT2D eigenvalue weighted by Gasteiger charge is -2.19. The lowest BCUT2D eigenvalue weighted by Crippen LogP contribution is -2.17. The number of hydrogen-bond donors (Lipinski definition) is 1. The highest BCUT2D eigenvalue weighted by molar-refractivity contribution is 7.92. The number of carbonyl (C=O) groups excluding carboxylic acids is 1. The van der Waals surface area contributed by atoms with Crippen LogP contribution in [0.5, 0.6) is 5.75 Å². The summed E-state index contributed by atoms with van der Waals surface area (Å²) < 4.78 is 34.0. The molecule has 0 aliphatic carbocycles. The van der Waals surface area contributed by atoms with E-state index in [1.54, 1.807) is 54.6 Å². The van der Waals surface area contributed by atoms with E-state index < -0.39 is 15.8 Å². The lowest BCUT2D eigenvalue weighted by atomic mass is 9.87. The monoisotopic (exact) mass is 457 g/mol. The van der Waals surface area contributed by atoms with Gasteiger partial charge in [0, 0.05) is 5.56 Å². The van der Waals surface area contributed by atoms with Gasteiger partial charge in [0.15, 0.2) is 11.5 Å². The Bertz CT molecular complexity index is 1200. The molecular weight excluding hydrogens is 434 g/mol. The predicted octanol–water partition coefficient (Wildman–Crippen LogP) is 5.68. The predicted molar refractivity (Wildman–Crippen MR) is 124 cm³/mol. The zero-order valence-electron chi connectivity index (χ0n) is 17.8. The average Bonchev–Trinajstić information content (AvgIpc) is 2.74. The van der Waals surface area contributed by atoms with Crippen molar-refractivity contribution in [3.8, 4) is 5.75 Å². The first kappa shape index (κ1) is 22.8. The molecule has 0 amide bonds. The van der Waals surface area contributed by atoms with E-state index in [2.05, 4.69) is 25.5 Å². The van der Waals surface area contributed by atoms with Crippen molar-refractivity contribution >= 4 is 33.1 Å². The minimum Gasteiger partial charge on any atom is -0.494 e. The molecule has 3 aromatic rings. The molecule has 0 heterocycles. The Morgan fingerprint density at radius 3 is 2.10 bits per heavy atom. The van der Waals surface area contributed by atoms with Gasteiger partial charge in [-0.3, -0.25) is 9.52 Å². The van der Waals surface area contributed by atoms with E-state index in [0.717, 1.165) is 5.56 Å². The van der Waals surface area contributed by atoms with E-state index >= 15 is 0 Å². The number of anilines is 1. The van der Waals surface area contributed by atoms with Gasteiger partial charge in [0.25, 0.3) is 10.0 Å². The molecule has 7 heteroatoms. The minimum atomic E-state index is -3.95. The van der Waals surface area contributed by atoms with Crippen molar-refractivity contribution in [2.75, 3.05) is 11.8 Å². The van der Waals surface area contributed by atoms with E-state index in [1.807, 2.05) is 0 Å². The Balaban J connectivity index is 2.06. The van der Waals surface area contributed by atoms with E-state index in [1.165, 1.54) is 19.2 Å². The van der Waals surface area contributed by atoms with Crippen LogP contribution in [-0.2, 0) is 15.4 Å². The van der Waals surface area contributed by atoms with Crippen LogP contribution in [0.15, 0.2) is 71.6 Å². The number of hydrogen-bond acceptors (Lipinski definition) is 4. The Morgan fingerprint density at radius 2 is 1.55 bits per heavy atom. The third-order valence-electron chi connectivity index (χ3n) is 4.85. The Labute approximate surface area is 188 Å². The van der Waals surface area contributed by atoms with Crippen molar-refractivity contribution < 1.29 is 17.9 Å². The fourth-order valence-corrected chi connectivity index (χ4v) is 4.45. The molecule has 3 aromatic carbocycles. The minimum absolute atomic E-state index is 0.0519. The maximum atomic E-state index is 13.2. The smallest absolute Gasteiger partial charge is 0.261 e. The molecule has 0 aliphatic heterocycles. The summed E-state index contributed by atoms with van der Waals surface area (Å²) in [6.45, 7) is 6.16. The number of ketones is 1. The van der Waals surface area contributed by atoms with Crippen LogP contribution in [0, 0.1) is 0 Å². The fraction of sp³-hybridized carbons (Fsp3) is 0.208. The van der Waals surface area contributed by atoms with Gasteiger partial charge in [0.1, 0.15) is 0 Å². The standard InChI is InChI=1S/C24H24ClNO4S/c1-24(2,3)17-10-12-18(13-11-17)31(28,29)26-20-15-14-19(25)23(30-4)21(20)22(27)16-8-6-5-7-9-16/h5-15,26H,1-4H3. The largest absolute Gasteiger partial charge is 0.494 e. The molecule has 0 bridgehead atoms. The zero-order valence-corrected chi connectivity index (χ0v) is 19.3. The number of methoxy groups -OCH3 is 1. The molecule has 5 nitrogen and oxygen atoms in total. The summed E-state index contributed by atoms with van der Waals surface area (Å²) in [6, 6.07) is 18.2. The number of sulfonamides is 1. The van der Waals surface area contributed by atoms with Crippen LogP contribution in [0.1, 0.15) is 42.3 Å². The highest BCUT2D eigenvalue weighted by Crippen LogP contribution is 2.37. The van der Waals surface area contributed by atoms with Crippen molar-refractivity contribution in [1.29, 1.82) is 0 Å². The summed E-state index contributed by atoms with van der Waals surface area (Å²) in [5.74, 6) is -0.292. The van der Waals surface area contributed by atoms with Gasteiger partial charge in [-0.05, 0) is 35.2 Å². The highest BCUT2D eigenvalue weighted by Gasteiger charge is 2.25. The molecule has 1 N–H and O–H groups in total. The van der Waals surface area contributed by atoms with E-state index in [-0.39, 0.29) is 32.3 Å². The molecule has 0 saturated carbocycles. The summed E-state index contributed by atoms with van der Waals surface area (Å²) in [6.07, 6.45) is 0. The quantitative estimate of drug-likeness (QED) is 0.483. The van der Waals surface area contributed by atoms with Gasteiger partial charge < -0.3 is 4.74 Å². The second kappa shape index (κ2) is 8.73. The summed E-state index contributed by atoms with van der Waals surface area (Å²) in [4.78, 5) is 13.3. The summed E-state index contributed by atoms with van der Waals surface area (Å²) in [7, 11) is -2.57. The van der Waals surface area contributed by atoms with Crippen molar-refractivity contribution in [1.82, 2.24) is 0 Å². The van der Waals surface area contributed by atoms with Crippen LogP contribution in [0.4, 0.5) is 5.69 Å². The number of benzene rings is 3. The van der Waals surface area contributed by atoms with Gasteiger partial charge in [0.05, 0.1) is 28.3 Å². The lowest BCUT2D eigenvalue weighted by molar-refractivity contribution is 0.103. The van der Waals surface area contributed by atoms with Crippen molar-refractivity contribution in [3.63, 3.8) is 0 Å². The molecule has 0 fully saturated rings. The van der Waals surface area contributed by atoms with Crippen molar-refractivity contribution in [3.05, 3.63) is 88.4 Å². The van der Waals surface area contributed by atoms with Crippen LogP contribution >= 0.6 is 11.6 Å². The van der Waals surface area contributed by atoms with Gasteiger partial charge in [-0.25, -0.2) is 8.42 Å². The summed E-state index contributed by atoms with van der Waals surface area (Å²) in [5, 5.41) is 0.208. The van der Waals surface area contributed by atoms with Crippen molar-refractivity contribution in [2.45, 2.75) is 31.1 Å². The summed E-state index contributed by atoms with van der Waals surface area (Å²) in [5.41, 5.74) is 1.44.